The van der Waals surface area contributed by atoms with Gasteiger partial charge in [0.15, 0.2) is 11.5 Å². The van der Waals surface area contributed by atoms with E-state index in [2.05, 4.69) is 4.98 Å². The van der Waals surface area contributed by atoms with Crippen LogP contribution in [0.2, 0.25) is 0 Å². The van der Waals surface area contributed by atoms with Crippen molar-refractivity contribution in [1.82, 2.24) is 4.98 Å². The third-order valence-electron chi connectivity index (χ3n) is 4.24. The topological polar surface area (TPSA) is 77.7 Å². The molecule has 1 aliphatic heterocycles. The Morgan fingerprint density at radius 3 is 2.68 bits per heavy atom. The first-order valence-corrected chi connectivity index (χ1v) is 8.90. The number of aromatic nitrogens is 1. The first kappa shape index (κ1) is 17.6. The lowest BCUT2D eigenvalue weighted by Gasteiger charge is -2.30. The molecule has 0 bridgehead atoms. The Morgan fingerprint density at radius 1 is 1.07 bits per heavy atom. The molecule has 140 valence electrons. The highest BCUT2D eigenvalue weighted by Crippen LogP contribution is 2.37. The number of benzene rings is 2. The summed E-state index contributed by atoms with van der Waals surface area (Å²) in [6.45, 7) is 0.688. The number of nitrogens with two attached hydrogens (primary N) is 1. The van der Waals surface area contributed by atoms with Gasteiger partial charge < -0.3 is 15.2 Å². The van der Waals surface area contributed by atoms with Crippen LogP contribution in [-0.4, -0.2) is 24.0 Å². The summed E-state index contributed by atoms with van der Waals surface area (Å²) in [4.78, 5) is 18.9. The van der Waals surface area contributed by atoms with Crippen LogP contribution in [-0.2, 0) is 4.79 Å². The molecule has 1 aromatic heterocycles. The van der Waals surface area contributed by atoms with Crippen molar-refractivity contribution in [2.45, 2.75) is 0 Å². The number of ether oxygens (including phenoxy) is 2. The minimum Gasteiger partial charge on any atom is -0.492 e. The van der Waals surface area contributed by atoms with Crippen LogP contribution in [0.15, 0.2) is 78.7 Å². The van der Waals surface area contributed by atoms with Crippen molar-refractivity contribution in [3.63, 3.8) is 0 Å². The molecule has 0 atom stereocenters. The van der Waals surface area contributed by atoms with Crippen LogP contribution in [0, 0.1) is 0 Å². The molecule has 2 N–H and O–H groups in total. The summed E-state index contributed by atoms with van der Waals surface area (Å²) in [6, 6.07) is 20.2. The fourth-order valence-corrected chi connectivity index (χ4v) is 2.92. The Labute approximate surface area is 162 Å². The fraction of sp³-hybridized carbons (Fsp3) is 0.0909. The molecule has 0 radical (unpaired) electrons. The number of nitrogens with zero attached hydrogens (tertiary/aromatic N) is 2. The van der Waals surface area contributed by atoms with Gasteiger partial charge in [0.1, 0.15) is 12.4 Å². The Hall–Kier alpha value is -3.80. The third-order valence-corrected chi connectivity index (χ3v) is 4.24. The van der Waals surface area contributed by atoms with Crippen LogP contribution in [0.5, 0.6) is 11.5 Å². The second kappa shape index (κ2) is 7.84. The zero-order chi connectivity index (χ0) is 19.3. The molecule has 0 aliphatic carbocycles. The van der Waals surface area contributed by atoms with Crippen LogP contribution >= 0.6 is 0 Å². The molecule has 4 rings (SSSR count). The van der Waals surface area contributed by atoms with Crippen LogP contribution in [0.1, 0.15) is 5.69 Å². The number of para-hydroxylation sites is 1. The van der Waals surface area contributed by atoms with Gasteiger partial charge in [-0.1, -0.05) is 24.3 Å². The number of rotatable bonds is 5. The van der Waals surface area contributed by atoms with Crippen molar-refractivity contribution < 1.29 is 14.3 Å². The van der Waals surface area contributed by atoms with E-state index in [9.17, 15) is 4.79 Å². The minimum absolute atomic E-state index is 0.204. The highest BCUT2D eigenvalue weighted by atomic mass is 16.5. The van der Waals surface area contributed by atoms with E-state index in [4.69, 9.17) is 15.2 Å². The van der Waals surface area contributed by atoms with E-state index in [0.29, 0.717) is 36.0 Å². The Morgan fingerprint density at radius 2 is 1.89 bits per heavy atom. The Bertz CT molecular complexity index is 1000. The van der Waals surface area contributed by atoms with Crippen LogP contribution in [0.25, 0.3) is 6.08 Å². The standard InChI is InChI=1S/C22H19N3O3/c23-16-9-10-20-19(14-16)25(12-13-27-18-7-2-1-3-8-18)22(26)21(28-20)15-17-6-4-5-11-24-17/h1-11,14-15H,12-13,23H2/b21-15+. The summed E-state index contributed by atoms with van der Waals surface area (Å²) in [5.41, 5.74) is 7.74. The van der Waals surface area contributed by atoms with Gasteiger partial charge in [0.25, 0.3) is 5.91 Å². The quantitative estimate of drug-likeness (QED) is 0.547. The maximum atomic E-state index is 13.1. The number of hydrogen-bond donors (Lipinski definition) is 1. The van der Waals surface area contributed by atoms with Crippen molar-refractivity contribution in [2.75, 3.05) is 23.8 Å². The average Bonchev–Trinajstić information content (AvgIpc) is 2.72. The number of carbonyl (C=O) groups is 1. The van der Waals surface area contributed by atoms with Gasteiger partial charge in [-0.25, -0.2) is 0 Å². The Balaban J connectivity index is 1.60. The van der Waals surface area contributed by atoms with Crippen LogP contribution in [0.4, 0.5) is 11.4 Å². The number of nitrogen functional groups attached to an aromatic ring is 1. The summed E-state index contributed by atoms with van der Waals surface area (Å²) < 4.78 is 11.6. The van der Waals surface area contributed by atoms with E-state index in [0.717, 1.165) is 5.75 Å². The molecule has 3 aromatic rings. The van der Waals surface area contributed by atoms with Crippen molar-refractivity contribution >= 4 is 23.4 Å². The number of fused-ring (bicyclic) bond motifs is 1. The molecule has 0 saturated carbocycles. The molecular formula is C22H19N3O3. The van der Waals surface area contributed by atoms with E-state index in [-0.39, 0.29) is 11.7 Å². The SMILES string of the molecule is Nc1ccc2c(c1)N(CCOc1ccccc1)C(=O)/C(=C\c1ccccn1)O2. The second-order valence-electron chi connectivity index (χ2n) is 6.21. The van der Waals surface area contributed by atoms with Gasteiger partial charge in [-0.05, 0) is 42.5 Å². The lowest BCUT2D eigenvalue weighted by molar-refractivity contribution is -0.117. The third kappa shape index (κ3) is 3.81. The van der Waals surface area contributed by atoms with E-state index >= 15 is 0 Å². The first-order chi connectivity index (χ1) is 13.7. The highest BCUT2D eigenvalue weighted by molar-refractivity contribution is 6.10. The summed E-state index contributed by atoms with van der Waals surface area (Å²) in [7, 11) is 0. The molecule has 2 aromatic carbocycles. The van der Waals surface area contributed by atoms with Crippen molar-refractivity contribution in [2.24, 2.45) is 0 Å². The van der Waals surface area contributed by atoms with Gasteiger partial charge in [0.05, 0.1) is 17.9 Å². The number of carbonyl (C=O) groups excluding carboxylic acids is 1. The largest absolute Gasteiger partial charge is 0.492 e. The second-order valence-corrected chi connectivity index (χ2v) is 6.21. The van der Waals surface area contributed by atoms with Crippen LogP contribution < -0.4 is 20.1 Å². The van der Waals surface area contributed by atoms with E-state index < -0.39 is 0 Å². The summed E-state index contributed by atoms with van der Waals surface area (Å²) in [5, 5.41) is 0. The molecule has 1 amide bonds. The van der Waals surface area contributed by atoms with Gasteiger partial charge in [0, 0.05) is 18.0 Å². The molecular weight excluding hydrogens is 354 g/mol. The molecule has 6 heteroatoms. The van der Waals surface area contributed by atoms with E-state index in [1.54, 1.807) is 35.4 Å². The number of anilines is 2. The van der Waals surface area contributed by atoms with Crippen molar-refractivity contribution in [3.05, 3.63) is 84.4 Å². The predicted molar refractivity (Wildman–Crippen MR) is 108 cm³/mol. The molecule has 0 saturated heterocycles. The molecule has 0 unspecified atom stereocenters. The maximum absolute atomic E-state index is 13.1. The van der Waals surface area contributed by atoms with Gasteiger partial charge in [-0.2, -0.15) is 0 Å². The maximum Gasteiger partial charge on any atom is 0.294 e. The molecule has 28 heavy (non-hydrogen) atoms. The zero-order valence-electron chi connectivity index (χ0n) is 15.1. The lowest BCUT2D eigenvalue weighted by Crippen LogP contribution is -2.40. The monoisotopic (exact) mass is 373 g/mol. The molecule has 6 nitrogen and oxygen atoms in total. The van der Waals surface area contributed by atoms with Gasteiger partial charge in [-0.15, -0.1) is 0 Å². The minimum atomic E-state index is -0.264. The summed E-state index contributed by atoms with van der Waals surface area (Å²) >= 11 is 0. The molecule has 0 fully saturated rings. The molecule has 0 spiro atoms. The Kier molecular flexibility index (Phi) is 4.93. The molecule has 2 heterocycles. The highest BCUT2D eigenvalue weighted by Gasteiger charge is 2.30. The average molecular weight is 373 g/mol. The summed E-state index contributed by atoms with van der Waals surface area (Å²) in [5.74, 6) is 1.26. The van der Waals surface area contributed by atoms with E-state index in [1.165, 1.54) is 0 Å². The lowest BCUT2D eigenvalue weighted by atomic mass is 10.2. The number of hydrogen-bond acceptors (Lipinski definition) is 5. The fourth-order valence-electron chi connectivity index (χ4n) is 2.92. The summed E-state index contributed by atoms with van der Waals surface area (Å²) in [6.07, 6.45) is 3.30. The van der Waals surface area contributed by atoms with Gasteiger partial charge in [-0.3, -0.25) is 14.7 Å². The molecule has 1 aliphatic rings. The predicted octanol–water partition coefficient (Wildman–Crippen LogP) is 3.51. The van der Waals surface area contributed by atoms with Crippen LogP contribution in [0.3, 0.4) is 0 Å². The zero-order valence-corrected chi connectivity index (χ0v) is 15.1. The van der Waals surface area contributed by atoms with Crippen molar-refractivity contribution in [1.29, 1.82) is 0 Å². The van der Waals surface area contributed by atoms with Gasteiger partial charge >= 0.3 is 0 Å². The van der Waals surface area contributed by atoms with E-state index in [1.807, 2.05) is 48.5 Å². The number of amides is 1. The first-order valence-electron chi connectivity index (χ1n) is 8.90. The van der Waals surface area contributed by atoms with Gasteiger partial charge in [0.2, 0.25) is 0 Å². The van der Waals surface area contributed by atoms with Crippen molar-refractivity contribution in [3.8, 4) is 11.5 Å². The normalized spacial score (nSPS) is 14.5. The smallest absolute Gasteiger partial charge is 0.294 e. The number of pyridine rings is 1.